The largest absolute Gasteiger partial charge is 0.337 e. The molecule has 1 saturated carbocycles. The molecule has 1 atom stereocenters. The minimum absolute atomic E-state index is 0.0888. The lowest BCUT2D eigenvalue weighted by Crippen LogP contribution is -2.53. The van der Waals surface area contributed by atoms with E-state index in [0.29, 0.717) is 29.6 Å². The molecule has 184 valence electrons. The second-order valence-corrected chi connectivity index (χ2v) is 12.4. The van der Waals surface area contributed by atoms with E-state index in [0.717, 1.165) is 37.0 Å². The lowest BCUT2D eigenvalue weighted by Gasteiger charge is -2.40. The number of carbonyl (C=O) groups is 2. The molecule has 3 rings (SSSR count). The molecule has 1 N–H and O–H groups in total. The summed E-state index contributed by atoms with van der Waals surface area (Å²) in [5.74, 6) is 0.308. The third-order valence-electron chi connectivity index (χ3n) is 6.82. The summed E-state index contributed by atoms with van der Waals surface area (Å²) in [5, 5.41) is 3.33. The number of halogens is 1. The van der Waals surface area contributed by atoms with Crippen LogP contribution in [0.4, 0.5) is 5.69 Å². The van der Waals surface area contributed by atoms with Crippen molar-refractivity contribution in [1.82, 2.24) is 9.80 Å². The van der Waals surface area contributed by atoms with Crippen LogP contribution >= 0.6 is 11.6 Å². The number of benzene rings is 1. The SMILES string of the molecule is Cc1c(CN2CCN(C(=O)CC3CCCC3)[C@@H](C)C2)cc(Cl)cc1NC(=O)CCS(C)(=O)=O. The topological polar surface area (TPSA) is 86.8 Å². The van der Waals surface area contributed by atoms with E-state index in [1.165, 1.54) is 25.7 Å². The van der Waals surface area contributed by atoms with E-state index in [2.05, 4.69) is 17.1 Å². The Morgan fingerprint density at radius 3 is 2.52 bits per heavy atom. The van der Waals surface area contributed by atoms with Crippen molar-refractivity contribution in [3.8, 4) is 0 Å². The first kappa shape index (κ1) is 26.0. The normalized spacial score (nSPS) is 20.2. The number of sulfone groups is 1. The Morgan fingerprint density at radius 2 is 1.88 bits per heavy atom. The lowest BCUT2D eigenvalue weighted by atomic mass is 10.0. The molecule has 2 amide bonds. The predicted octanol–water partition coefficient (Wildman–Crippen LogP) is 3.63. The van der Waals surface area contributed by atoms with Crippen LogP contribution in [0.25, 0.3) is 0 Å². The lowest BCUT2D eigenvalue weighted by molar-refractivity contribution is -0.136. The molecule has 9 heteroatoms. The van der Waals surface area contributed by atoms with Crippen molar-refractivity contribution >= 4 is 38.9 Å². The Bertz CT molecular complexity index is 976. The summed E-state index contributed by atoms with van der Waals surface area (Å²) in [7, 11) is -3.20. The van der Waals surface area contributed by atoms with Gasteiger partial charge in [-0.05, 0) is 55.9 Å². The van der Waals surface area contributed by atoms with Crippen LogP contribution in [-0.4, -0.2) is 67.7 Å². The van der Waals surface area contributed by atoms with Gasteiger partial charge in [0, 0.05) is 62.0 Å². The van der Waals surface area contributed by atoms with Crippen molar-refractivity contribution in [2.75, 3.05) is 37.0 Å². The average Bonchev–Trinajstić information content (AvgIpc) is 3.22. The van der Waals surface area contributed by atoms with Crippen molar-refractivity contribution in [1.29, 1.82) is 0 Å². The third kappa shape index (κ3) is 7.69. The smallest absolute Gasteiger partial charge is 0.225 e. The summed E-state index contributed by atoms with van der Waals surface area (Å²) in [6.45, 7) is 7.02. The van der Waals surface area contributed by atoms with Crippen LogP contribution < -0.4 is 5.32 Å². The zero-order chi connectivity index (χ0) is 24.2. The molecule has 1 aromatic carbocycles. The van der Waals surface area contributed by atoms with Gasteiger partial charge < -0.3 is 10.2 Å². The van der Waals surface area contributed by atoms with E-state index in [-0.39, 0.29) is 30.0 Å². The molecule has 1 aliphatic heterocycles. The highest BCUT2D eigenvalue weighted by atomic mass is 35.5. The summed E-state index contributed by atoms with van der Waals surface area (Å²) in [6, 6.07) is 3.76. The first-order valence-corrected chi connectivity index (χ1v) is 14.2. The maximum atomic E-state index is 12.8. The van der Waals surface area contributed by atoms with E-state index >= 15 is 0 Å². The molecule has 0 aromatic heterocycles. The van der Waals surface area contributed by atoms with E-state index in [4.69, 9.17) is 11.6 Å². The van der Waals surface area contributed by atoms with Gasteiger partial charge in [-0.15, -0.1) is 0 Å². The van der Waals surface area contributed by atoms with Crippen LogP contribution in [0.2, 0.25) is 5.02 Å². The minimum Gasteiger partial charge on any atom is -0.337 e. The van der Waals surface area contributed by atoms with Gasteiger partial charge in [-0.2, -0.15) is 0 Å². The molecule has 0 spiro atoms. The zero-order valence-corrected chi connectivity index (χ0v) is 21.5. The summed E-state index contributed by atoms with van der Waals surface area (Å²) in [4.78, 5) is 29.4. The number of amides is 2. The number of anilines is 1. The molecule has 33 heavy (non-hydrogen) atoms. The van der Waals surface area contributed by atoms with E-state index in [9.17, 15) is 18.0 Å². The summed E-state index contributed by atoms with van der Waals surface area (Å²) in [6.07, 6.45) is 6.57. The van der Waals surface area contributed by atoms with Crippen molar-refractivity contribution in [3.05, 3.63) is 28.3 Å². The van der Waals surface area contributed by atoms with Crippen molar-refractivity contribution in [2.24, 2.45) is 5.92 Å². The Morgan fingerprint density at radius 1 is 1.18 bits per heavy atom. The summed E-state index contributed by atoms with van der Waals surface area (Å²) in [5.41, 5.74) is 2.53. The van der Waals surface area contributed by atoms with Crippen molar-refractivity contribution in [2.45, 2.75) is 65.0 Å². The van der Waals surface area contributed by atoms with Gasteiger partial charge in [0.05, 0.1) is 5.75 Å². The number of rotatable bonds is 8. The van der Waals surface area contributed by atoms with Gasteiger partial charge in [0.1, 0.15) is 9.84 Å². The fourth-order valence-corrected chi connectivity index (χ4v) is 5.68. The van der Waals surface area contributed by atoms with Gasteiger partial charge in [0.25, 0.3) is 0 Å². The molecular weight excluding hydrogens is 462 g/mol. The maximum absolute atomic E-state index is 12.8. The standard InChI is InChI=1S/C24H36ClN3O4S/c1-17-15-27(9-10-28(17)24(30)12-19-6-4-5-7-19)16-20-13-21(25)14-22(18(20)2)26-23(29)8-11-33(3,31)32/h13-14,17,19H,4-12,15-16H2,1-3H3,(H,26,29)/t17-/m0/s1. The van der Waals surface area contributed by atoms with E-state index < -0.39 is 9.84 Å². The number of carbonyl (C=O) groups excluding carboxylic acids is 2. The molecule has 1 heterocycles. The van der Waals surface area contributed by atoms with Gasteiger partial charge in [-0.1, -0.05) is 24.4 Å². The number of hydrogen-bond donors (Lipinski definition) is 1. The van der Waals surface area contributed by atoms with Gasteiger partial charge in [0.15, 0.2) is 0 Å². The molecule has 1 aliphatic carbocycles. The van der Waals surface area contributed by atoms with Gasteiger partial charge in [-0.3, -0.25) is 14.5 Å². The maximum Gasteiger partial charge on any atom is 0.225 e. The van der Waals surface area contributed by atoms with Crippen LogP contribution in [0.1, 0.15) is 56.6 Å². The highest BCUT2D eigenvalue weighted by Gasteiger charge is 2.29. The van der Waals surface area contributed by atoms with E-state index in [1.807, 2.05) is 17.9 Å². The molecular formula is C24H36ClN3O4S. The fraction of sp³-hybridized carbons (Fsp3) is 0.667. The van der Waals surface area contributed by atoms with Crippen LogP contribution in [-0.2, 0) is 26.0 Å². The highest BCUT2D eigenvalue weighted by molar-refractivity contribution is 7.90. The van der Waals surface area contributed by atoms with Crippen LogP contribution in [0, 0.1) is 12.8 Å². The molecule has 1 saturated heterocycles. The van der Waals surface area contributed by atoms with Crippen LogP contribution in [0.5, 0.6) is 0 Å². The molecule has 7 nitrogen and oxygen atoms in total. The van der Waals surface area contributed by atoms with Gasteiger partial charge in [0.2, 0.25) is 11.8 Å². The minimum atomic E-state index is -3.20. The molecule has 0 bridgehead atoms. The monoisotopic (exact) mass is 497 g/mol. The van der Waals surface area contributed by atoms with Gasteiger partial charge in [-0.25, -0.2) is 8.42 Å². The third-order valence-corrected chi connectivity index (χ3v) is 7.98. The quantitative estimate of drug-likeness (QED) is 0.592. The number of piperazine rings is 1. The Labute approximate surface area is 202 Å². The zero-order valence-electron chi connectivity index (χ0n) is 19.9. The Hall–Kier alpha value is -1.64. The second-order valence-electron chi connectivity index (χ2n) is 9.69. The van der Waals surface area contributed by atoms with Crippen molar-refractivity contribution < 1.29 is 18.0 Å². The molecule has 0 unspecified atom stereocenters. The first-order valence-electron chi connectivity index (χ1n) is 11.8. The van der Waals surface area contributed by atoms with Crippen LogP contribution in [0.15, 0.2) is 12.1 Å². The predicted molar refractivity (Wildman–Crippen MR) is 132 cm³/mol. The molecule has 1 aromatic rings. The molecule has 2 fully saturated rings. The summed E-state index contributed by atoms with van der Waals surface area (Å²) < 4.78 is 22.7. The number of nitrogens with zero attached hydrogens (tertiary/aromatic N) is 2. The summed E-state index contributed by atoms with van der Waals surface area (Å²) >= 11 is 6.33. The number of nitrogens with one attached hydrogen (secondary N) is 1. The van der Waals surface area contributed by atoms with E-state index in [1.54, 1.807) is 6.07 Å². The average molecular weight is 498 g/mol. The fourth-order valence-electron chi connectivity index (χ4n) is 4.89. The number of hydrogen-bond acceptors (Lipinski definition) is 5. The molecule has 0 radical (unpaired) electrons. The Kier molecular flexibility index (Phi) is 8.81. The van der Waals surface area contributed by atoms with Gasteiger partial charge >= 0.3 is 0 Å². The second kappa shape index (κ2) is 11.2. The van der Waals surface area contributed by atoms with Crippen molar-refractivity contribution in [3.63, 3.8) is 0 Å². The highest BCUT2D eigenvalue weighted by Crippen LogP contribution is 2.30. The Balaban J connectivity index is 1.59. The molecule has 2 aliphatic rings. The first-order chi connectivity index (χ1) is 15.5. The van der Waals surface area contributed by atoms with Crippen LogP contribution in [0.3, 0.4) is 0 Å².